The molecular formula is C33H21N5. The quantitative estimate of drug-likeness (QED) is 0.238. The second-order valence-electron chi connectivity index (χ2n) is 9.96. The van der Waals surface area contributed by atoms with Gasteiger partial charge < -0.3 is 9.47 Å². The molecule has 0 bridgehead atoms. The van der Waals surface area contributed by atoms with Crippen molar-refractivity contribution < 1.29 is 0 Å². The minimum Gasteiger partial charge on any atom is -0.309 e. The van der Waals surface area contributed by atoms with Crippen molar-refractivity contribution in [1.82, 2.24) is 14.1 Å². The van der Waals surface area contributed by atoms with Crippen LogP contribution >= 0.6 is 0 Å². The van der Waals surface area contributed by atoms with Gasteiger partial charge in [0, 0.05) is 22.0 Å². The molecule has 0 saturated heterocycles. The van der Waals surface area contributed by atoms with E-state index in [9.17, 15) is 0 Å². The molecule has 0 N–H and O–H groups in total. The van der Waals surface area contributed by atoms with Gasteiger partial charge in [-0.2, -0.15) is 0 Å². The van der Waals surface area contributed by atoms with Crippen LogP contribution in [0.25, 0.3) is 49.9 Å². The third-order valence-electron chi connectivity index (χ3n) is 7.88. The normalized spacial score (nSPS) is 13.8. The molecule has 2 aliphatic rings. The first-order valence-electron chi connectivity index (χ1n) is 12.9. The number of nitrogens with zero attached hydrogens (tertiary/aromatic N) is 5. The van der Waals surface area contributed by atoms with Gasteiger partial charge in [-0.1, -0.05) is 66.7 Å². The average Bonchev–Trinajstić information content (AvgIpc) is 3.52. The molecule has 4 heterocycles. The molecule has 2 aliphatic heterocycles. The number of aromatic nitrogens is 3. The fraction of sp³-hybridized carbons (Fsp3) is 0.0303. The van der Waals surface area contributed by atoms with Crippen molar-refractivity contribution in [2.45, 2.75) is 6.54 Å². The van der Waals surface area contributed by atoms with Crippen LogP contribution in [0.3, 0.4) is 0 Å². The Bertz CT molecular complexity index is 2110. The monoisotopic (exact) mass is 487 g/mol. The zero-order valence-corrected chi connectivity index (χ0v) is 20.4. The van der Waals surface area contributed by atoms with Crippen LogP contribution in [0.1, 0.15) is 5.56 Å². The Morgan fingerprint density at radius 2 is 1.37 bits per heavy atom. The first kappa shape index (κ1) is 20.0. The lowest BCUT2D eigenvalue weighted by molar-refractivity contribution is 0.915. The lowest BCUT2D eigenvalue weighted by atomic mass is 10.0. The number of para-hydroxylation sites is 5. The fourth-order valence-corrected chi connectivity index (χ4v) is 6.20. The molecule has 0 amide bonds. The van der Waals surface area contributed by atoms with Crippen LogP contribution in [-0.2, 0) is 6.54 Å². The van der Waals surface area contributed by atoms with E-state index in [4.69, 9.17) is 9.98 Å². The van der Waals surface area contributed by atoms with Crippen LogP contribution in [0.4, 0.5) is 11.4 Å². The molecule has 178 valence electrons. The predicted molar refractivity (Wildman–Crippen MR) is 155 cm³/mol. The van der Waals surface area contributed by atoms with Gasteiger partial charge in [0.25, 0.3) is 0 Å². The van der Waals surface area contributed by atoms with E-state index in [0.29, 0.717) is 0 Å². The maximum Gasteiger partial charge on any atom is 0.217 e. The van der Waals surface area contributed by atoms with E-state index in [1.165, 1.54) is 27.4 Å². The molecule has 5 heteroatoms. The van der Waals surface area contributed by atoms with Crippen molar-refractivity contribution in [1.29, 1.82) is 0 Å². The summed E-state index contributed by atoms with van der Waals surface area (Å²) >= 11 is 0. The van der Waals surface area contributed by atoms with Crippen LogP contribution in [0.15, 0.2) is 120 Å². The van der Waals surface area contributed by atoms with Gasteiger partial charge in [0.2, 0.25) is 5.96 Å². The number of hydrogen-bond acceptors (Lipinski definition) is 3. The highest BCUT2D eigenvalue weighted by Gasteiger charge is 2.34. The lowest BCUT2D eigenvalue weighted by Crippen LogP contribution is -2.40. The van der Waals surface area contributed by atoms with Gasteiger partial charge in [-0.3, -0.25) is 4.57 Å². The van der Waals surface area contributed by atoms with Crippen molar-refractivity contribution in [3.8, 4) is 17.1 Å². The van der Waals surface area contributed by atoms with E-state index in [0.717, 1.165) is 52.0 Å². The van der Waals surface area contributed by atoms with Crippen LogP contribution in [0.5, 0.6) is 0 Å². The number of aliphatic imine (C=N–C) groups is 1. The van der Waals surface area contributed by atoms with E-state index in [1.54, 1.807) is 0 Å². The first-order chi connectivity index (χ1) is 18.8. The first-order valence-corrected chi connectivity index (χ1v) is 12.9. The minimum atomic E-state index is 0.761. The Kier molecular flexibility index (Phi) is 3.78. The summed E-state index contributed by atoms with van der Waals surface area (Å²) < 4.78 is 4.60. The number of imidazole rings is 1. The Morgan fingerprint density at radius 3 is 2.29 bits per heavy atom. The molecule has 0 atom stereocenters. The average molecular weight is 488 g/mol. The largest absolute Gasteiger partial charge is 0.309 e. The van der Waals surface area contributed by atoms with Crippen molar-refractivity contribution in [3.63, 3.8) is 0 Å². The van der Waals surface area contributed by atoms with E-state index in [1.807, 2.05) is 0 Å². The second-order valence-corrected chi connectivity index (χ2v) is 9.96. The Hall–Kier alpha value is -5.16. The van der Waals surface area contributed by atoms with Crippen LogP contribution < -0.4 is 4.90 Å². The summed E-state index contributed by atoms with van der Waals surface area (Å²) in [6.45, 7) is 0.761. The topological polar surface area (TPSA) is 38.4 Å². The third kappa shape index (κ3) is 2.55. The predicted octanol–water partition coefficient (Wildman–Crippen LogP) is 7.67. The van der Waals surface area contributed by atoms with Crippen molar-refractivity contribution in [2.75, 3.05) is 4.90 Å². The van der Waals surface area contributed by atoms with Gasteiger partial charge >= 0.3 is 0 Å². The summed E-state index contributed by atoms with van der Waals surface area (Å²) in [7, 11) is 0. The molecule has 5 aromatic carbocycles. The summed E-state index contributed by atoms with van der Waals surface area (Å²) in [6, 6.07) is 40.7. The highest BCUT2D eigenvalue weighted by Crippen LogP contribution is 2.45. The lowest BCUT2D eigenvalue weighted by Gasteiger charge is -2.36. The third-order valence-corrected chi connectivity index (χ3v) is 7.88. The maximum absolute atomic E-state index is 5.19. The Morgan fingerprint density at radius 1 is 0.605 bits per heavy atom. The molecule has 0 unspecified atom stereocenters. The van der Waals surface area contributed by atoms with Gasteiger partial charge in [-0.15, -0.1) is 0 Å². The van der Waals surface area contributed by atoms with Gasteiger partial charge in [0.15, 0.2) is 0 Å². The molecule has 2 aromatic heterocycles. The van der Waals surface area contributed by atoms with Gasteiger partial charge in [0.05, 0.1) is 40.0 Å². The fourth-order valence-electron chi connectivity index (χ4n) is 6.20. The van der Waals surface area contributed by atoms with Gasteiger partial charge in [-0.05, 0) is 54.1 Å². The summed E-state index contributed by atoms with van der Waals surface area (Å²) in [5.74, 6) is 1.84. The Balaban J connectivity index is 1.43. The molecule has 9 rings (SSSR count). The van der Waals surface area contributed by atoms with Crippen molar-refractivity contribution in [2.24, 2.45) is 4.99 Å². The number of benzene rings is 5. The molecular weight excluding hydrogens is 466 g/mol. The van der Waals surface area contributed by atoms with Gasteiger partial charge in [-0.25, -0.2) is 9.98 Å². The number of anilines is 1. The molecule has 7 aromatic rings. The summed E-state index contributed by atoms with van der Waals surface area (Å²) in [5, 5.41) is 2.47. The van der Waals surface area contributed by atoms with Gasteiger partial charge in [0.1, 0.15) is 5.82 Å². The zero-order chi connectivity index (χ0) is 24.8. The molecule has 0 spiro atoms. The van der Waals surface area contributed by atoms with Crippen LogP contribution in [0.2, 0.25) is 0 Å². The highest BCUT2D eigenvalue weighted by molar-refractivity contribution is 6.17. The van der Waals surface area contributed by atoms with E-state index >= 15 is 0 Å². The Labute approximate surface area is 218 Å². The second kappa shape index (κ2) is 7.20. The summed E-state index contributed by atoms with van der Waals surface area (Å²) in [6.07, 6.45) is 0. The van der Waals surface area contributed by atoms with E-state index < -0.39 is 0 Å². The summed E-state index contributed by atoms with van der Waals surface area (Å²) in [4.78, 5) is 12.7. The van der Waals surface area contributed by atoms with Crippen LogP contribution in [-0.4, -0.2) is 20.1 Å². The van der Waals surface area contributed by atoms with Crippen molar-refractivity contribution in [3.05, 3.63) is 121 Å². The zero-order valence-electron chi connectivity index (χ0n) is 20.4. The minimum absolute atomic E-state index is 0.761. The molecule has 0 fully saturated rings. The summed E-state index contributed by atoms with van der Waals surface area (Å²) in [5.41, 5.74) is 10.1. The standard InChI is InChI=1S/C33H21N5/c1-2-11-22(12-3-1)37-28-16-8-5-13-23(28)24-18-30-25(19-31(24)37)32-34-27-15-7-9-17-29(27)38(32)33-35-26-14-6-4-10-21(26)20-36(30)33/h1-19H,20H2. The van der Waals surface area contributed by atoms with Crippen LogP contribution in [0, 0.1) is 0 Å². The number of rotatable bonds is 1. The van der Waals surface area contributed by atoms with E-state index in [-0.39, 0.29) is 0 Å². The maximum atomic E-state index is 5.19. The number of hydrogen-bond donors (Lipinski definition) is 0. The highest BCUT2D eigenvalue weighted by atomic mass is 15.4. The van der Waals surface area contributed by atoms with Crippen molar-refractivity contribution >= 4 is 50.2 Å². The smallest absolute Gasteiger partial charge is 0.217 e. The molecule has 38 heavy (non-hydrogen) atoms. The van der Waals surface area contributed by atoms with E-state index in [2.05, 4.69) is 129 Å². The molecule has 0 radical (unpaired) electrons. The molecule has 0 aliphatic carbocycles. The number of fused-ring (bicyclic) bond motifs is 12. The molecule has 0 saturated carbocycles. The SMILES string of the molecule is c1ccc(-n2c3ccccc3c3cc4c(cc32)-c2nc3ccccc3n2C2=Nc3ccccc3CN24)cc1. The molecule has 5 nitrogen and oxygen atoms in total.